The minimum Gasteiger partial charge on any atom is -0.490 e. The smallest absolute Gasteiger partial charge is 0.183 e. The first-order chi connectivity index (χ1) is 14.8. The van der Waals surface area contributed by atoms with Gasteiger partial charge in [0.25, 0.3) is 0 Å². The van der Waals surface area contributed by atoms with Crippen molar-refractivity contribution in [1.29, 1.82) is 0 Å². The van der Waals surface area contributed by atoms with Gasteiger partial charge in [-0.1, -0.05) is 70.2 Å². The van der Waals surface area contributed by atoms with Crippen LogP contribution in [0.3, 0.4) is 0 Å². The van der Waals surface area contributed by atoms with Crippen molar-refractivity contribution >= 4 is 0 Å². The molecule has 168 valence electrons. The maximum Gasteiger partial charge on any atom is 0.183 e. The summed E-state index contributed by atoms with van der Waals surface area (Å²) in [6.07, 6.45) is 17.8. The van der Waals surface area contributed by atoms with Crippen molar-refractivity contribution in [3.05, 3.63) is 42.0 Å². The van der Waals surface area contributed by atoms with Crippen molar-refractivity contribution in [1.82, 2.24) is 0 Å². The molecular formula is C27H42O3. The van der Waals surface area contributed by atoms with E-state index < -0.39 is 0 Å². The predicted octanol–water partition coefficient (Wildman–Crippen LogP) is 7.47. The molecule has 0 radical (unpaired) electrons. The van der Waals surface area contributed by atoms with E-state index in [0.29, 0.717) is 12.5 Å². The van der Waals surface area contributed by atoms with Gasteiger partial charge in [-0.25, -0.2) is 0 Å². The summed E-state index contributed by atoms with van der Waals surface area (Å²) in [6, 6.07) is 8.17. The minimum atomic E-state index is -0.232. The van der Waals surface area contributed by atoms with E-state index in [1.54, 1.807) is 0 Å². The van der Waals surface area contributed by atoms with Crippen molar-refractivity contribution in [2.24, 2.45) is 17.8 Å². The number of benzene rings is 1. The number of allylic oxidation sites excluding steroid dienone is 1. The van der Waals surface area contributed by atoms with E-state index in [4.69, 9.17) is 14.2 Å². The Balaban J connectivity index is 1.32. The average molecular weight is 415 g/mol. The molecule has 0 bridgehead atoms. The van der Waals surface area contributed by atoms with Crippen LogP contribution in [0, 0.1) is 17.8 Å². The van der Waals surface area contributed by atoms with Crippen LogP contribution < -0.4 is 4.74 Å². The maximum atomic E-state index is 5.91. The monoisotopic (exact) mass is 414 g/mol. The summed E-state index contributed by atoms with van der Waals surface area (Å²) in [6.45, 7) is 6.73. The van der Waals surface area contributed by atoms with Crippen molar-refractivity contribution in [3.8, 4) is 5.75 Å². The molecule has 3 nitrogen and oxygen atoms in total. The third kappa shape index (κ3) is 7.74. The SMILES string of the molecule is CCCCCC1CCC(C=CCOc2ccc(C3OCC(CCC)CO3)cc2)CC1. The third-order valence-electron chi connectivity index (χ3n) is 6.68. The van der Waals surface area contributed by atoms with Crippen molar-refractivity contribution in [3.63, 3.8) is 0 Å². The first-order valence-corrected chi connectivity index (χ1v) is 12.4. The predicted molar refractivity (Wildman–Crippen MR) is 124 cm³/mol. The molecule has 0 N–H and O–H groups in total. The Labute approximate surface area is 184 Å². The number of unbranched alkanes of at least 4 members (excludes halogenated alkanes) is 2. The first-order valence-electron chi connectivity index (χ1n) is 12.4. The molecule has 0 amide bonds. The van der Waals surface area contributed by atoms with Crippen LogP contribution in [0.2, 0.25) is 0 Å². The second kappa shape index (κ2) is 13.2. The Hall–Kier alpha value is -1.32. The van der Waals surface area contributed by atoms with Crippen molar-refractivity contribution in [2.45, 2.75) is 84.3 Å². The van der Waals surface area contributed by atoms with Gasteiger partial charge in [0.15, 0.2) is 6.29 Å². The van der Waals surface area contributed by atoms with E-state index in [1.165, 1.54) is 64.2 Å². The summed E-state index contributed by atoms with van der Waals surface area (Å²) in [4.78, 5) is 0. The topological polar surface area (TPSA) is 27.7 Å². The minimum absolute atomic E-state index is 0.232. The van der Waals surface area contributed by atoms with E-state index in [9.17, 15) is 0 Å². The Bertz CT molecular complexity index is 593. The van der Waals surface area contributed by atoms with Gasteiger partial charge >= 0.3 is 0 Å². The van der Waals surface area contributed by atoms with Gasteiger partial charge in [0.1, 0.15) is 12.4 Å². The Morgan fingerprint density at radius 3 is 2.27 bits per heavy atom. The van der Waals surface area contributed by atoms with E-state index in [-0.39, 0.29) is 6.29 Å². The van der Waals surface area contributed by atoms with Gasteiger partial charge in [-0.2, -0.15) is 0 Å². The highest BCUT2D eigenvalue weighted by Gasteiger charge is 2.23. The highest BCUT2D eigenvalue weighted by Crippen LogP contribution is 2.33. The van der Waals surface area contributed by atoms with Crippen LogP contribution in [0.1, 0.15) is 89.9 Å². The standard InChI is InChI=1S/C27H42O3/c1-3-5-6-9-22-11-13-23(14-12-22)10-7-19-28-26-17-15-25(16-18-26)27-29-20-24(8-4-2)21-30-27/h7,10,15-18,22-24,27H,3-6,8-9,11-14,19-21H2,1-2H3. The maximum absolute atomic E-state index is 5.91. The summed E-state index contributed by atoms with van der Waals surface area (Å²) >= 11 is 0. The van der Waals surface area contributed by atoms with Gasteiger partial charge in [-0.05, 0) is 56.1 Å². The van der Waals surface area contributed by atoms with Crippen LogP contribution in [0.15, 0.2) is 36.4 Å². The van der Waals surface area contributed by atoms with Gasteiger partial charge in [0.2, 0.25) is 0 Å². The summed E-state index contributed by atoms with van der Waals surface area (Å²) in [5.74, 6) is 3.17. The summed E-state index contributed by atoms with van der Waals surface area (Å²) in [7, 11) is 0. The molecule has 0 aromatic heterocycles. The lowest BCUT2D eigenvalue weighted by atomic mass is 9.79. The average Bonchev–Trinajstić information content (AvgIpc) is 2.79. The molecule has 1 aliphatic heterocycles. The molecule has 0 atom stereocenters. The van der Waals surface area contributed by atoms with Gasteiger partial charge in [-0.15, -0.1) is 0 Å². The molecule has 30 heavy (non-hydrogen) atoms. The van der Waals surface area contributed by atoms with Crippen LogP contribution in [-0.4, -0.2) is 19.8 Å². The Morgan fingerprint density at radius 2 is 1.60 bits per heavy atom. The molecule has 0 unspecified atom stereocenters. The number of ether oxygens (including phenoxy) is 3. The van der Waals surface area contributed by atoms with Crippen LogP contribution in [0.25, 0.3) is 0 Å². The fourth-order valence-corrected chi connectivity index (χ4v) is 4.78. The largest absolute Gasteiger partial charge is 0.490 e. The molecule has 3 rings (SSSR count). The zero-order valence-corrected chi connectivity index (χ0v) is 19.2. The molecule has 1 aromatic rings. The van der Waals surface area contributed by atoms with Crippen LogP contribution in [0.4, 0.5) is 0 Å². The molecule has 1 aliphatic carbocycles. The Kier molecular flexibility index (Phi) is 10.2. The van der Waals surface area contributed by atoms with Crippen LogP contribution in [-0.2, 0) is 9.47 Å². The Morgan fingerprint density at radius 1 is 0.867 bits per heavy atom. The lowest BCUT2D eigenvalue weighted by Crippen LogP contribution is -2.26. The zero-order chi connectivity index (χ0) is 21.0. The molecular weight excluding hydrogens is 372 g/mol. The summed E-state index contributed by atoms with van der Waals surface area (Å²) in [5, 5.41) is 0. The number of hydrogen-bond donors (Lipinski definition) is 0. The lowest BCUT2D eigenvalue weighted by Gasteiger charge is -2.29. The molecule has 1 heterocycles. The fraction of sp³-hybridized carbons (Fsp3) is 0.704. The highest BCUT2D eigenvalue weighted by atomic mass is 16.7. The molecule has 0 spiro atoms. The second-order valence-corrected chi connectivity index (χ2v) is 9.24. The highest BCUT2D eigenvalue weighted by molar-refractivity contribution is 5.28. The third-order valence-corrected chi connectivity index (χ3v) is 6.68. The van der Waals surface area contributed by atoms with E-state index >= 15 is 0 Å². The van der Waals surface area contributed by atoms with Crippen molar-refractivity contribution in [2.75, 3.05) is 19.8 Å². The van der Waals surface area contributed by atoms with Crippen LogP contribution >= 0.6 is 0 Å². The lowest BCUT2D eigenvalue weighted by molar-refractivity contribution is -0.206. The van der Waals surface area contributed by atoms with Gasteiger partial charge in [-0.3, -0.25) is 0 Å². The number of hydrogen-bond acceptors (Lipinski definition) is 3. The normalized spacial score (nSPS) is 27.4. The molecule has 1 aromatic carbocycles. The van der Waals surface area contributed by atoms with Crippen LogP contribution in [0.5, 0.6) is 5.75 Å². The van der Waals surface area contributed by atoms with Gasteiger partial charge < -0.3 is 14.2 Å². The summed E-state index contributed by atoms with van der Waals surface area (Å²) < 4.78 is 17.7. The number of rotatable bonds is 11. The second-order valence-electron chi connectivity index (χ2n) is 9.24. The fourth-order valence-electron chi connectivity index (χ4n) is 4.78. The summed E-state index contributed by atoms with van der Waals surface area (Å²) in [5.41, 5.74) is 1.07. The quantitative estimate of drug-likeness (QED) is 0.278. The molecule has 3 heteroatoms. The van der Waals surface area contributed by atoms with Gasteiger partial charge in [0, 0.05) is 11.5 Å². The molecule has 2 fully saturated rings. The molecule has 1 saturated carbocycles. The van der Waals surface area contributed by atoms with E-state index in [1.807, 2.05) is 12.1 Å². The first kappa shape index (κ1) is 23.3. The van der Waals surface area contributed by atoms with Crippen molar-refractivity contribution < 1.29 is 14.2 Å². The van der Waals surface area contributed by atoms with E-state index in [0.717, 1.165) is 36.4 Å². The zero-order valence-electron chi connectivity index (χ0n) is 19.2. The van der Waals surface area contributed by atoms with Gasteiger partial charge in [0.05, 0.1) is 13.2 Å². The molecule has 1 saturated heterocycles. The van der Waals surface area contributed by atoms with E-state index in [2.05, 4.69) is 38.1 Å². The molecule has 2 aliphatic rings.